The summed E-state index contributed by atoms with van der Waals surface area (Å²) in [5.74, 6) is 1.60. The zero-order chi connectivity index (χ0) is 23.1. The van der Waals surface area contributed by atoms with Crippen LogP contribution >= 0.6 is 0 Å². The maximum absolute atomic E-state index is 13.7. The topological polar surface area (TPSA) is 74.4 Å². The van der Waals surface area contributed by atoms with Crippen molar-refractivity contribution in [2.75, 3.05) is 49.7 Å². The highest BCUT2D eigenvalue weighted by Crippen LogP contribution is 2.45. The summed E-state index contributed by atoms with van der Waals surface area (Å²) >= 11 is 0. The zero-order valence-electron chi connectivity index (χ0n) is 19.3. The van der Waals surface area contributed by atoms with Crippen molar-refractivity contribution in [3.63, 3.8) is 0 Å². The molecule has 2 amide bonds. The summed E-state index contributed by atoms with van der Waals surface area (Å²) < 4.78 is 10.9. The van der Waals surface area contributed by atoms with Gasteiger partial charge in [-0.15, -0.1) is 0 Å². The van der Waals surface area contributed by atoms with Gasteiger partial charge in [-0.2, -0.15) is 0 Å². The molecule has 0 bridgehead atoms. The van der Waals surface area contributed by atoms with E-state index in [-0.39, 0.29) is 18.6 Å². The van der Waals surface area contributed by atoms with Gasteiger partial charge in [-0.3, -0.25) is 24.3 Å². The zero-order valence-corrected chi connectivity index (χ0v) is 19.3. The van der Waals surface area contributed by atoms with E-state index in [2.05, 4.69) is 27.2 Å². The average molecular weight is 463 g/mol. The van der Waals surface area contributed by atoms with Crippen LogP contribution in [0.4, 0.5) is 11.4 Å². The third-order valence-corrected chi connectivity index (χ3v) is 7.59. The number of nitrogens with one attached hydrogen (secondary N) is 1. The quantitative estimate of drug-likeness (QED) is 0.753. The van der Waals surface area contributed by atoms with E-state index >= 15 is 0 Å². The molecular formula is C26H30N4O4. The Balaban J connectivity index is 1.12. The van der Waals surface area contributed by atoms with E-state index in [0.29, 0.717) is 6.54 Å². The number of para-hydroxylation sites is 2. The van der Waals surface area contributed by atoms with Crippen molar-refractivity contribution < 1.29 is 19.1 Å². The van der Waals surface area contributed by atoms with E-state index in [1.807, 2.05) is 35.2 Å². The van der Waals surface area contributed by atoms with Gasteiger partial charge in [-0.05, 0) is 42.7 Å². The van der Waals surface area contributed by atoms with E-state index in [1.54, 1.807) is 0 Å². The minimum absolute atomic E-state index is 0.0217. The first kappa shape index (κ1) is 21.4. The van der Waals surface area contributed by atoms with E-state index < -0.39 is 5.54 Å². The van der Waals surface area contributed by atoms with Gasteiger partial charge in [0.05, 0.1) is 17.9 Å². The minimum atomic E-state index is -0.743. The lowest BCUT2D eigenvalue weighted by Crippen LogP contribution is -2.62. The summed E-state index contributed by atoms with van der Waals surface area (Å²) in [7, 11) is 0. The Morgan fingerprint density at radius 1 is 0.941 bits per heavy atom. The molecule has 3 heterocycles. The fourth-order valence-corrected chi connectivity index (χ4v) is 5.79. The fraction of sp³-hybridized carbons (Fsp3) is 0.462. The summed E-state index contributed by atoms with van der Waals surface area (Å²) in [4.78, 5) is 33.3. The highest BCUT2D eigenvalue weighted by molar-refractivity contribution is 6.15. The van der Waals surface area contributed by atoms with Crippen molar-refractivity contribution >= 4 is 23.2 Å². The molecule has 1 aliphatic carbocycles. The van der Waals surface area contributed by atoms with Gasteiger partial charge in [0, 0.05) is 32.7 Å². The van der Waals surface area contributed by atoms with Crippen LogP contribution in [0.15, 0.2) is 42.5 Å². The second-order valence-corrected chi connectivity index (χ2v) is 9.68. The van der Waals surface area contributed by atoms with E-state index in [1.165, 1.54) is 5.56 Å². The highest BCUT2D eigenvalue weighted by Gasteiger charge is 2.52. The van der Waals surface area contributed by atoms with Crippen molar-refractivity contribution in [3.05, 3.63) is 48.0 Å². The molecule has 6 rings (SSSR count). The second kappa shape index (κ2) is 8.60. The van der Waals surface area contributed by atoms with Gasteiger partial charge >= 0.3 is 0 Å². The van der Waals surface area contributed by atoms with Crippen molar-refractivity contribution in [1.82, 2.24) is 9.80 Å². The van der Waals surface area contributed by atoms with E-state index in [0.717, 1.165) is 81.3 Å². The van der Waals surface area contributed by atoms with Crippen LogP contribution in [-0.4, -0.2) is 66.7 Å². The molecule has 2 aromatic rings. The molecule has 1 saturated carbocycles. The van der Waals surface area contributed by atoms with Crippen LogP contribution in [0.3, 0.4) is 0 Å². The van der Waals surface area contributed by atoms with Gasteiger partial charge in [-0.25, -0.2) is 0 Å². The largest absolute Gasteiger partial charge is 0.454 e. The maximum Gasteiger partial charge on any atom is 0.250 e. The Labute approximate surface area is 199 Å². The lowest BCUT2D eigenvalue weighted by molar-refractivity contribution is -0.128. The van der Waals surface area contributed by atoms with Gasteiger partial charge < -0.3 is 14.8 Å². The SMILES string of the molecule is O=C(CN1CCN(Cc2ccc3c(c2)OCO3)CC1)N1c2ccccc2NC(=O)C12CCCC2. The van der Waals surface area contributed by atoms with E-state index in [4.69, 9.17) is 9.47 Å². The molecule has 0 atom stereocenters. The van der Waals surface area contributed by atoms with Crippen molar-refractivity contribution in [2.45, 2.75) is 37.8 Å². The number of carbonyl (C=O) groups excluding carboxylic acids is 2. The molecule has 1 saturated heterocycles. The summed E-state index contributed by atoms with van der Waals surface area (Å²) in [5, 5.41) is 3.06. The Morgan fingerprint density at radius 3 is 2.50 bits per heavy atom. The summed E-state index contributed by atoms with van der Waals surface area (Å²) in [5.41, 5.74) is 2.02. The van der Waals surface area contributed by atoms with Gasteiger partial charge in [0.1, 0.15) is 5.54 Å². The van der Waals surface area contributed by atoms with Crippen molar-refractivity contribution in [3.8, 4) is 11.5 Å². The van der Waals surface area contributed by atoms with Crippen LogP contribution in [0.25, 0.3) is 0 Å². The fourth-order valence-electron chi connectivity index (χ4n) is 5.79. The number of piperazine rings is 1. The number of anilines is 2. The van der Waals surface area contributed by atoms with Gasteiger partial charge in [0.25, 0.3) is 5.91 Å². The first-order chi connectivity index (χ1) is 16.6. The molecule has 3 aliphatic heterocycles. The molecule has 4 aliphatic rings. The lowest BCUT2D eigenvalue weighted by Gasteiger charge is -2.45. The number of hydrogen-bond acceptors (Lipinski definition) is 6. The first-order valence-corrected chi connectivity index (χ1v) is 12.2. The van der Waals surface area contributed by atoms with Crippen LogP contribution in [0.5, 0.6) is 11.5 Å². The second-order valence-electron chi connectivity index (χ2n) is 9.68. The molecule has 1 N–H and O–H groups in total. The van der Waals surface area contributed by atoms with E-state index in [9.17, 15) is 9.59 Å². The number of fused-ring (bicyclic) bond motifs is 2. The van der Waals surface area contributed by atoms with Crippen molar-refractivity contribution in [2.24, 2.45) is 0 Å². The first-order valence-electron chi connectivity index (χ1n) is 12.2. The number of nitrogens with zero attached hydrogens (tertiary/aromatic N) is 3. The molecule has 2 fully saturated rings. The molecule has 1 spiro atoms. The molecule has 0 unspecified atom stereocenters. The number of carbonyl (C=O) groups is 2. The molecule has 2 aromatic carbocycles. The Hall–Kier alpha value is -3.10. The van der Waals surface area contributed by atoms with Crippen molar-refractivity contribution in [1.29, 1.82) is 0 Å². The third-order valence-electron chi connectivity index (χ3n) is 7.59. The molecule has 0 aromatic heterocycles. The van der Waals surface area contributed by atoms with Crippen LogP contribution in [0.1, 0.15) is 31.2 Å². The van der Waals surface area contributed by atoms with Crippen LogP contribution in [0, 0.1) is 0 Å². The number of ether oxygens (including phenoxy) is 2. The Bertz CT molecular complexity index is 1110. The van der Waals surface area contributed by atoms with Gasteiger partial charge in [-0.1, -0.05) is 31.0 Å². The van der Waals surface area contributed by atoms with Crippen LogP contribution in [-0.2, 0) is 16.1 Å². The monoisotopic (exact) mass is 462 g/mol. The maximum atomic E-state index is 13.7. The number of amides is 2. The molecular weight excluding hydrogens is 432 g/mol. The molecule has 178 valence electrons. The smallest absolute Gasteiger partial charge is 0.250 e. The summed E-state index contributed by atoms with van der Waals surface area (Å²) in [6.07, 6.45) is 3.39. The highest BCUT2D eigenvalue weighted by atomic mass is 16.7. The average Bonchev–Trinajstić information content (AvgIpc) is 3.51. The summed E-state index contributed by atoms with van der Waals surface area (Å²) in [6.45, 7) is 4.90. The number of benzene rings is 2. The molecule has 8 nitrogen and oxygen atoms in total. The lowest BCUT2D eigenvalue weighted by atomic mass is 9.89. The predicted molar refractivity (Wildman–Crippen MR) is 128 cm³/mol. The van der Waals surface area contributed by atoms with Crippen LogP contribution in [0.2, 0.25) is 0 Å². The molecule has 8 heteroatoms. The van der Waals surface area contributed by atoms with Crippen LogP contribution < -0.4 is 19.7 Å². The molecule has 0 radical (unpaired) electrons. The predicted octanol–water partition coefficient (Wildman–Crippen LogP) is 2.83. The minimum Gasteiger partial charge on any atom is -0.454 e. The number of rotatable bonds is 4. The standard InChI is InChI=1S/C26H30N4O4/c31-24(30-21-6-2-1-5-20(21)27-25(32)26(30)9-3-4-10-26)17-29-13-11-28(12-14-29)16-19-7-8-22-23(15-19)34-18-33-22/h1-2,5-8,15H,3-4,9-14,16-18H2,(H,27,32). The summed E-state index contributed by atoms with van der Waals surface area (Å²) in [6, 6.07) is 13.8. The Morgan fingerprint density at radius 2 is 1.68 bits per heavy atom. The van der Waals surface area contributed by atoms with Gasteiger partial charge in [0.2, 0.25) is 12.7 Å². The Kier molecular flexibility index (Phi) is 5.42. The number of hydrogen-bond donors (Lipinski definition) is 1. The third kappa shape index (κ3) is 3.71. The normalized spacial score (nSPS) is 21.5. The molecule has 34 heavy (non-hydrogen) atoms. The van der Waals surface area contributed by atoms with Gasteiger partial charge in [0.15, 0.2) is 11.5 Å².